The summed E-state index contributed by atoms with van der Waals surface area (Å²) in [7, 11) is 0. The zero-order chi connectivity index (χ0) is 23.8. The molecule has 2 aromatic carbocycles. The summed E-state index contributed by atoms with van der Waals surface area (Å²) >= 11 is 0. The summed E-state index contributed by atoms with van der Waals surface area (Å²) < 4.78 is 30.2. The zero-order valence-corrected chi connectivity index (χ0v) is 18.6. The highest BCUT2D eigenvalue weighted by Gasteiger charge is 2.31. The highest BCUT2D eigenvalue weighted by atomic mass is 19.1. The summed E-state index contributed by atoms with van der Waals surface area (Å²) in [6, 6.07) is 10.1. The molecule has 0 saturated heterocycles. The molecule has 0 spiro atoms. The topological polar surface area (TPSA) is 79.8 Å². The van der Waals surface area contributed by atoms with Crippen molar-refractivity contribution in [2.75, 3.05) is 0 Å². The number of carbonyl (C=O) groups excluding carboxylic acids is 1. The van der Waals surface area contributed by atoms with Crippen LogP contribution in [0.15, 0.2) is 59.8 Å². The molecular formula is C26H24F2N4O2. The number of fused-ring (bicyclic) bond motifs is 1. The molecule has 2 heterocycles. The fourth-order valence-electron chi connectivity index (χ4n) is 4.75. The van der Waals surface area contributed by atoms with Crippen molar-refractivity contribution in [1.82, 2.24) is 19.9 Å². The first-order valence-electron chi connectivity index (χ1n) is 11.3. The Morgan fingerprint density at radius 1 is 1.24 bits per heavy atom. The summed E-state index contributed by atoms with van der Waals surface area (Å²) in [6.45, 7) is 1.79. The van der Waals surface area contributed by atoms with Gasteiger partial charge in [0.1, 0.15) is 11.6 Å². The fraction of sp³-hybridized carbons (Fsp3) is 0.269. The highest BCUT2D eigenvalue weighted by Crippen LogP contribution is 2.38. The second kappa shape index (κ2) is 8.85. The van der Waals surface area contributed by atoms with E-state index in [1.807, 2.05) is 0 Å². The minimum Gasteiger partial charge on any atom is -0.347 e. The summed E-state index contributed by atoms with van der Waals surface area (Å²) in [6.07, 6.45) is 5.97. The molecule has 8 heteroatoms. The van der Waals surface area contributed by atoms with Crippen LogP contribution in [0.3, 0.4) is 0 Å². The number of halogens is 2. The average molecular weight is 463 g/mol. The van der Waals surface area contributed by atoms with Gasteiger partial charge < -0.3 is 14.9 Å². The third kappa shape index (κ3) is 3.89. The first-order chi connectivity index (χ1) is 16.4. The Labute approximate surface area is 194 Å². The summed E-state index contributed by atoms with van der Waals surface area (Å²) in [5.74, 6) is -1.29. The van der Waals surface area contributed by atoms with Gasteiger partial charge in [0.25, 0.3) is 11.5 Å². The van der Waals surface area contributed by atoms with Crippen LogP contribution in [0.2, 0.25) is 0 Å². The van der Waals surface area contributed by atoms with Gasteiger partial charge in [-0.25, -0.2) is 13.8 Å². The number of benzene rings is 2. The molecule has 1 aliphatic carbocycles. The fourth-order valence-corrected chi connectivity index (χ4v) is 4.75. The third-order valence-electron chi connectivity index (χ3n) is 6.73. The van der Waals surface area contributed by atoms with E-state index in [2.05, 4.69) is 15.3 Å². The Bertz CT molecular complexity index is 1430. The zero-order valence-electron chi connectivity index (χ0n) is 18.6. The number of carbonyl (C=O) groups is 1. The second-order valence-corrected chi connectivity index (χ2v) is 8.79. The van der Waals surface area contributed by atoms with Crippen molar-refractivity contribution in [2.24, 2.45) is 5.92 Å². The second-order valence-electron chi connectivity index (χ2n) is 8.79. The largest absolute Gasteiger partial charge is 0.347 e. The van der Waals surface area contributed by atoms with Crippen LogP contribution in [0, 0.1) is 24.5 Å². The van der Waals surface area contributed by atoms with Crippen LogP contribution in [-0.4, -0.2) is 20.4 Å². The number of aromatic amines is 1. The van der Waals surface area contributed by atoms with Gasteiger partial charge >= 0.3 is 0 Å². The van der Waals surface area contributed by atoms with E-state index in [-0.39, 0.29) is 40.7 Å². The molecule has 0 bridgehead atoms. The standard InChI is InChI=1S/C26H24F2N4O2/c1-15-22(25(33)31-24(16-5-2-6-16)17-7-3-8-18(27)11-17)20-9-4-10-21(28)23(20)26(34)32(15)13-19-12-29-14-30-19/h3-4,7-12,14,16,24H,2,5-6,13H2,1H3,(H,29,30)(H,31,33)/t24-/m0/s1. The lowest BCUT2D eigenvalue weighted by molar-refractivity contribution is 0.0900. The number of H-pyrrole nitrogens is 1. The van der Waals surface area contributed by atoms with E-state index in [1.54, 1.807) is 31.3 Å². The van der Waals surface area contributed by atoms with Gasteiger partial charge in [0.05, 0.1) is 35.6 Å². The lowest BCUT2D eigenvalue weighted by Crippen LogP contribution is -2.38. The van der Waals surface area contributed by atoms with Gasteiger partial charge in [0, 0.05) is 17.3 Å². The molecule has 0 unspecified atom stereocenters. The normalized spacial score (nSPS) is 14.7. The number of rotatable bonds is 6. The Morgan fingerprint density at radius 2 is 2.03 bits per heavy atom. The van der Waals surface area contributed by atoms with E-state index in [9.17, 15) is 18.4 Å². The van der Waals surface area contributed by atoms with Gasteiger partial charge in [-0.1, -0.05) is 30.7 Å². The Morgan fingerprint density at radius 3 is 2.71 bits per heavy atom. The molecule has 0 aliphatic heterocycles. The predicted molar refractivity (Wildman–Crippen MR) is 125 cm³/mol. The van der Waals surface area contributed by atoms with Crippen molar-refractivity contribution < 1.29 is 13.6 Å². The number of amides is 1. The number of pyridine rings is 1. The number of hydrogen-bond donors (Lipinski definition) is 2. The van der Waals surface area contributed by atoms with Crippen LogP contribution < -0.4 is 10.9 Å². The maximum absolute atomic E-state index is 14.8. The molecule has 5 rings (SSSR count). The molecular weight excluding hydrogens is 438 g/mol. The SMILES string of the molecule is Cc1c(C(=O)N[C@H](c2cccc(F)c2)C2CCC2)c2cccc(F)c2c(=O)n1Cc1cnc[nH]1. The Balaban J connectivity index is 1.62. The Kier molecular flexibility index (Phi) is 5.73. The Hall–Kier alpha value is -3.81. The molecule has 2 N–H and O–H groups in total. The maximum atomic E-state index is 14.8. The van der Waals surface area contributed by atoms with E-state index >= 15 is 0 Å². The van der Waals surface area contributed by atoms with E-state index in [0.717, 1.165) is 19.3 Å². The molecule has 1 fully saturated rings. The van der Waals surface area contributed by atoms with Crippen molar-refractivity contribution in [2.45, 2.75) is 38.8 Å². The summed E-state index contributed by atoms with van der Waals surface area (Å²) in [4.78, 5) is 33.9. The minimum absolute atomic E-state index is 0.116. The quantitative estimate of drug-likeness (QED) is 0.439. The molecule has 34 heavy (non-hydrogen) atoms. The maximum Gasteiger partial charge on any atom is 0.262 e. The highest BCUT2D eigenvalue weighted by molar-refractivity contribution is 6.08. The first kappa shape index (κ1) is 22.0. The summed E-state index contributed by atoms with van der Waals surface area (Å²) in [5, 5.41) is 3.19. The number of aromatic nitrogens is 3. The first-order valence-corrected chi connectivity index (χ1v) is 11.3. The van der Waals surface area contributed by atoms with E-state index < -0.39 is 17.3 Å². The summed E-state index contributed by atoms with van der Waals surface area (Å²) in [5.41, 5.74) is 1.48. The van der Waals surface area contributed by atoms with Gasteiger partial charge in [0.2, 0.25) is 0 Å². The number of hydrogen-bond acceptors (Lipinski definition) is 3. The van der Waals surface area contributed by atoms with Crippen molar-refractivity contribution >= 4 is 16.7 Å². The molecule has 6 nitrogen and oxygen atoms in total. The van der Waals surface area contributed by atoms with Gasteiger partial charge in [-0.3, -0.25) is 9.59 Å². The molecule has 2 aromatic heterocycles. The van der Waals surface area contributed by atoms with Crippen molar-refractivity contribution in [3.63, 3.8) is 0 Å². The lowest BCUT2D eigenvalue weighted by Gasteiger charge is -2.35. The minimum atomic E-state index is -0.685. The van der Waals surface area contributed by atoms with Crippen LogP contribution in [0.25, 0.3) is 10.8 Å². The number of nitrogens with one attached hydrogen (secondary N) is 2. The third-order valence-corrected chi connectivity index (χ3v) is 6.73. The van der Waals surface area contributed by atoms with Crippen molar-refractivity contribution in [3.05, 3.63) is 99.5 Å². The molecule has 1 saturated carbocycles. The van der Waals surface area contributed by atoms with Crippen LogP contribution in [-0.2, 0) is 6.54 Å². The van der Waals surface area contributed by atoms with E-state index in [4.69, 9.17) is 0 Å². The van der Waals surface area contributed by atoms with Crippen molar-refractivity contribution in [3.8, 4) is 0 Å². The molecule has 174 valence electrons. The van der Waals surface area contributed by atoms with Crippen molar-refractivity contribution in [1.29, 1.82) is 0 Å². The smallest absolute Gasteiger partial charge is 0.262 e. The van der Waals surface area contributed by atoms with Crippen LogP contribution in [0.4, 0.5) is 8.78 Å². The molecule has 4 aromatic rings. The molecule has 1 amide bonds. The number of nitrogens with zero attached hydrogens (tertiary/aromatic N) is 2. The van der Waals surface area contributed by atoms with E-state index in [1.165, 1.54) is 35.2 Å². The van der Waals surface area contributed by atoms with Gasteiger partial charge in [-0.15, -0.1) is 0 Å². The van der Waals surface area contributed by atoms with E-state index in [0.29, 0.717) is 17.0 Å². The molecule has 0 radical (unpaired) electrons. The predicted octanol–water partition coefficient (Wildman–Crippen LogP) is 4.63. The average Bonchev–Trinajstić information content (AvgIpc) is 3.28. The van der Waals surface area contributed by atoms with Gasteiger partial charge in [-0.2, -0.15) is 0 Å². The van der Waals surface area contributed by atoms with Gasteiger partial charge in [0.15, 0.2) is 0 Å². The lowest BCUT2D eigenvalue weighted by atomic mass is 9.77. The van der Waals surface area contributed by atoms with Crippen LogP contribution in [0.5, 0.6) is 0 Å². The molecule has 1 atom stereocenters. The van der Waals surface area contributed by atoms with Crippen LogP contribution >= 0.6 is 0 Å². The van der Waals surface area contributed by atoms with Gasteiger partial charge in [-0.05, 0) is 49.4 Å². The molecule has 1 aliphatic rings. The van der Waals surface area contributed by atoms with Crippen LogP contribution in [0.1, 0.15) is 52.6 Å². The monoisotopic (exact) mass is 462 g/mol. The number of imidazole rings is 1.